The predicted molar refractivity (Wildman–Crippen MR) is 101 cm³/mol. The van der Waals surface area contributed by atoms with E-state index in [1.54, 1.807) is 4.90 Å². The molecule has 0 saturated heterocycles. The molecule has 0 fully saturated rings. The lowest BCUT2D eigenvalue weighted by Crippen LogP contribution is -2.38. The van der Waals surface area contributed by atoms with Crippen molar-refractivity contribution in [2.45, 2.75) is 12.5 Å². The number of hydrogen-bond donors (Lipinski definition) is 0. The van der Waals surface area contributed by atoms with Gasteiger partial charge < -0.3 is 14.5 Å². The fourth-order valence-corrected chi connectivity index (χ4v) is 3.33. The fourth-order valence-electron chi connectivity index (χ4n) is 3.16. The minimum Gasteiger partial charge on any atom is -0.356 e. The topological polar surface area (TPSA) is 32.8 Å². The quantitative estimate of drug-likeness (QED) is 0.838. The Morgan fingerprint density at radius 1 is 1.20 bits per heavy atom. The number of carbonyl (C=O) groups is 1. The van der Waals surface area contributed by atoms with Gasteiger partial charge in [-0.15, -0.1) is 0 Å². The summed E-state index contributed by atoms with van der Waals surface area (Å²) in [6.45, 7) is 3.41. The Kier molecular flexibility index (Phi) is 5.13. The maximum Gasteiger partial charge on any atom is 0.253 e. The monoisotopic (exact) mass is 358 g/mol. The molecule has 25 heavy (non-hydrogen) atoms. The van der Waals surface area contributed by atoms with Gasteiger partial charge in [0.15, 0.2) is 0 Å². The van der Waals surface area contributed by atoms with Crippen LogP contribution in [0.15, 0.2) is 48.5 Å². The number of carbonyl (C=O) groups excluding carboxylic acids is 1. The van der Waals surface area contributed by atoms with Gasteiger partial charge in [-0.2, -0.15) is 0 Å². The van der Waals surface area contributed by atoms with Gasteiger partial charge in [0.05, 0.1) is 5.69 Å². The zero-order chi connectivity index (χ0) is 18.0. The Morgan fingerprint density at radius 2 is 1.92 bits per heavy atom. The number of hydrogen-bond acceptors (Lipinski definition) is 3. The smallest absolute Gasteiger partial charge is 0.253 e. The minimum atomic E-state index is -0.732. The van der Waals surface area contributed by atoms with E-state index >= 15 is 0 Å². The Balaban J connectivity index is 2.13. The summed E-state index contributed by atoms with van der Waals surface area (Å²) in [5.74, 6) is -0.0370. The van der Waals surface area contributed by atoms with Crippen molar-refractivity contribution in [2.75, 3.05) is 38.7 Å². The number of benzene rings is 2. The van der Waals surface area contributed by atoms with Crippen LogP contribution in [0.3, 0.4) is 0 Å². The summed E-state index contributed by atoms with van der Waals surface area (Å²) in [6, 6.07) is 15.6. The molecule has 5 heteroatoms. The van der Waals surface area contributed by atoms with Crippen LogP contribution in [0, 0.1) is 0 Å². The van der Waals surface area contributed by atoms with E-state index in [0.29, 0.717) is 11.6 Å². The molecular weight excluding hydrogens is 336 g/mol. The number of ether oxygens (including phenoxy) is 1. The van der Waals surface area contributed by atoms with Crippen LogP contribution in [0.1, 0.15) is 18.1 Å². The zero-order valence-corrected chi connectivity index (χ0v) is 15.6. The lowest BCUT2D eigenvalue weighted by Gasteiger charge is -2.31. The molecule has 3 rings (SSSR count). The zero-order valence-electron chi connectivity index (χ0n) is 14.8. The number of rotatable bonds is 4. The first-order valence-electron chi connectivity index (χ1n) is 8.36. The van der Waals surface area contributed by atoms with Crippen LogP contribution in [0.25, 0.3) is 0 Å². The Bertz CT molecular complexity index is 764. The third-order valence-corrected chi connectivity index (χ3v) is 4.88. The number of halogens is 1. The molecule has 2 aromatic carbocycles. The maximum absolute atomic E-state index is 12.7. The molecule has 0 aromatic heterocycles. The van der Waals surface area contributed by atoms with Crippen molar-refractivity contribution in [3.8, 4) is 0 Å². The summed E-state index contributed by atoms with van der Waals surface area (Å²) >= 11 is 6.29. The summed E-state index contributed by atoms with van der Waals surface area (Å²) < 4.78 is 6.14. The first kappa shape index (κ1) is 17.9. The third kappa shape index (κ3) is 3.56. The van der Waals surface area contributed by atoms with Crippen LogP contribution in [0.5, 0.6) is 0 Å². The third-order valence-electron chi connectivity index (χ3n) is 4.64. The van der Waals surface area contributed by atoms with Crippen LogP contribution in [-0.4, -0.2) is 44.6 Å². The number of anilines is 1. The van der Waals surface area contributed by atoms with Crippen LogP contribution in [-0.2, 0) is 15.1 Å². The van der Waals surface area contributed by atoms with Gasteiger partial charge in [-0.25, -0.2) is 0 Å². The molecule has 0 aliphatic carbocycles. The second-order valence-electron chi connectivity index (χ2n) is 6.70. The van der Waals surface area contributed by atoms with E-state index in [9.17, 15) is 4.79 Å². The molecule has 132 valence electrons. The van der Waals surface area contributed by atoms with Gasteiger partial charge >= 0.3 is 0 Å². The van der Waals surface area contributed by atoms with Crippen molar-refractivity contribution in [3.63, 3.8) is 0 Å². The van der Waals surface area contributed by atoms with Crippen molar-refractivity contribution in [1.29, 1.82) is 0 Å². The first-order valence-corrected chi connectivity index (χ1v) is 8.74. The van der Waals surface area contributed by atoms with E-state index < -0.39 is 5.60 Å². The molecule has 1 heterocycles. The summed E-state index contributed by atoms with van der Waals surface area (Å²) in [6.07, 6.45) is 0. The van der Waals surface area contributed by atoms with Crippen molar-refractivity contribution in [3.05, 3.63) is 64.7 Å². The van der Waals surface area contributed by atoms with Crippen LogP contribution < -0.4 is 4.90 Å². The average Bonchev–Trinajstić information content (AvgIpc) is 2.70. The molecule has 1 unspecified atom stereocenters. The maximum atomic E-state index is 12.7. The van der Waals surface area contributed by atoms with E-state index in [1.807, 2.05) is 69.6 Å². The van der Waals surface area contributed by atoms with E-state index in [4.69, 9.17) is 16.3 Å². The van der Waals surface area contributed by atoms with E-state index in [1.165, 1.54) is 0 Å². The summed E-state index contributed by atoms with van der Waals surface area (Å²) in [7, 11) is 3.99. The Labute approximate surface area is 154 Å². The van der Waals surface area contributed by atoms with Gasteiger partial charge in [0, 0.05) is 23.7 Å². The van der Waals surface area contributed by atoms with Gasteiger partial charge in [0.25, 0.3) is 5.91 Å². The highest BCUT2D eigenvalue weighted by atomic mass is 35.5. The average molecular weight is 359 g/mol. The second kappa shape index (κ2) is 7.16. The van der Waals surface area contributed by atoms with Gasteiger partial charge in [-0.1, -0.05) is 41.9 Å². The SMILES string of the molecule is CN(C)CCN1C(=O)COC(C)(c2ccccc2)c2cc(Cl)ccc21. The fraction of sp³-hybridized carbons (Fsp3) is 0.350. The molecule has 1 aliphatic heterocycles. The predicted octanol–water partition coefficient (Wildman–Crippen LogP) is 3.53. The Hall–Kier alpha value is -1.88. The van der Waals surface area contributed by atoms with E-state index in [-0.39, 0.29) is 12.5 Å². The standard InChI is InChI=1S/C20H23ClN2O2/c1-20(15-7-5-4-6-8-15)17-13-16(21)9-10-18(17)23(12-11-22(2)3)19(24)14-25-20/h4-10,13H,11-12,14H2,1-3H3. The highest BCUT2D eigenvalue weighted by Crippen LogP contribution is 2.42. The lowest BCUT2D eigenvalue weighted by molar-refractivity contribution is -0.126. The molecule has 2 aromatic rings. The molecule has 0 radical (unpaired) electrons. The number of likely N-dealkylation sites (N-methyl/N-ethyl adjacent to an activating group) is 1. The van der Waals surface area contributed by atoms with Gasteiger partial charge in [-0.05, 0) is 44.8 Å². The van der Waals surface area contributed by atoms with E-state index in [0.717, 1.165) is 23.4 Å². The highest BCUT2D eigenvalue weighted by Gasteiger charge is 2.38. The van der Waals surface area contributed by atoms with Crippen molar-refractivity contribution in [2.24, 2.45) is 0 Å². The molecule has 0 bridgehead atoms. The van der Waals surface area contributed by atoms with Gasteiger partial charge in [0.1, 0.15) is 12.2 Å². The van der Waals surface area contributed by atoms with Gasteiger partial charge in [0.2, 0.25) is 0 Å². The highest BCUT2D eigenvalue weighted by molar-refractivity contribution is 6.30. The molecule has 1 atom stereocenters. The number of fused-ring (bicyclic) bond motifs is 1. The molecule has 4 nitrogen and oxygen atoms in total. The summed E-state index contributed by atoms with van der Waals surface area (Å²) in [4.78, 5) is 16.6. The van der Waals surface area contributed by atoms with Crippen LogP contribution >= 0.6 is 11.6 Å². The summed E-state index contributed by atoms with van der Waals surface area (Å²) in [5, 5.41) is 0.631. The number of amides is 1. The lowest BCUT2D eigenvalue weighted by atomic mass is 9.86. The van der Waals surface area contributed by atoms with Crippen molar-refractivity contribution in [1.82, 2.24) is 4.90 Å². The molecule has 0 N–H and O–H groups in total. The Morgan fingerprint density at radius 3 is 2.60 bits per heavy atom. The summed E-state index contributed by atoms with van der Waals surface area (Å²) in [5.41, 5.74) is 2.04. The number of nitrogens with zero attached hydrogens (tertiary/aromatic N) is 2. The first-order chi connectivity index (χ1) is 11.9. The minimum absolute atomic E-state index is 0.0329. The molecule has 0 saturated carbocycles. The van der Waals surface area contributed by atoms with Crippen molar-refractivity contribution < 1.29 is 9.53 Å². The van der Waals surface area contributed by atoms with Crippen LogP contribution in [0.4, 0.5) is 5.69 Å². The molecule has 1 aliphatic rings. The normalized spacial score (nSPS) is 20.5. The largest absolute Gasteiger partial charge is 0.356 e. The van der Waals surface area contributed by atoms with Crippen LogP contribution in [0.2, 0.25) is 5.02 Å². The van der Waals surface area contributed by atoms with Crippen molar-refractivity contribution >= 4 is 23.2 Å². The van der Waals surface area contributed by atoms with E-state index in [2.05, 4.69) is 4.90 Å². The van der Waals surface area contributed by atoms with Gasteiger partial charge in [-0.3, -0.25) is 4.79 Å². The molecule has 1 amide bonds. The second-order valence-corrected chi connectivity index (χ2v) is 7.13. The molecular formula is C20H23ClN2O2. The molecule has 0 spiro atoms.